The lowest BCUT2D eigenvalue weighted by Gasteiger charge is -2.40. The third kappa shape index (κ3) is 9.75. The number of nitrogens with zero attached hydrogens (tertiary/aromatic N) is 2. The van der Waals surface area contributed by atoms with Crippen LogP contribution in [0.2, 0.25) is 0 Å². The lowest BCUT2D eigenvalue weighted by molar-refractivity contribution is -0.131. The van der Waals surface area contributed by atoms with Gasteiger partial charge in [-0.2, -0.15) is 0 Å². The van der Waals surface area contributed by atoms with E-state index in [1.165, 1.54) is 0 Å². The van der Waals surface area contributed by atoms with E-state index in [1.807, 2.05) is 28.0 Å². The second-order valence-electron chi connectivity index (χ2n) is 11.2. The zero-order chi connectivity index (χ0) is 29.8. The Morgan fingerprint density at radius 2 is 1.85 bits per heavy atom. The summed E-state index contributed by atoms with van der Waals surface area (Å²) in [5.41, 5.74) is 1.39. The topological polar surface area (TPSA) is 80.3 Å². The highest BCUT2D eigenvalue weighted by Crippen LogP contribution is 2.31. The minimum Gasteiger partial charge on any atom is -0.493 e. The summed E-state index contributed by atoms with van der Waals surface area (Å²) in [5.74, 6) is 1.31. The van der Waals surface area contributed by atoms with E-state index in [0.717, 1.165) is 57.2 Å². The molecule has 1 N–H and O–H groups in total. The molecule has 41 heavy (non-hydrogen) atoms. The van der Waals surface area contributed by atoms with Gasteiger partial charge in [0.2, 0.25) is 5.91 Å². The molecule has 1 aromatic carbocycles. The van der Waals surface area contributed by atoms with Gasteiger partial charge in [0.05, 0.1) is 20.1 Å². The number of carbonyl (C=O) groups is 2. The summed E-state index contributed by atoms with van der Waals surface area (Å²) in [6, 6.07) is 6.21. The number of benzene rings is 1. The van der Waals surface area contributed by atoms with Crippen molar-refractivity contribution in [2.24, 2.45) is 0 Å². The Bertz CT molecular complexity index is 1060. The SMILES string of the molecule is C=C/C=C\C(=C)CC(=O)N(CC[C@H]1CC[C@@H](N(C(=O)c2ccc(OC)c(OCCCOC)c2)C(C)C)CN1)C1CC1. The zero-order valence-corrected chi connectivity index (χ0v) is 25.4. The second kappa shape index (κ2) is 16.4. The lowest BCUT2D eigenvalue weighted by atomic mass is 9.95. The zero-order valence-electron chi connectivity index (χ0n) is 25.4. The Hall–Kier alpha value is -3.10. The molecule has 226 valence electrons. The third-order valence-corrected chi connectivity index (χ3v) is 7.71. The summed E-state index contributed by atoms with van der Waals surface area (Å²) < 4.78 is 16.5. The van der Waals surface area contributed by atoms with Gasteiger partial charge in [-0.1, -0.05) is 31.4 Å². The van der Waals surface area contributed by atoms with E-state index in [0.29, 0.717) is 48.8 Å². The van der Waals surface area contributed by atoms with Crippen LogP contribution in [-0.2, 0) is 9.53 Å². The van der Waals surface area contributed by atoms with Gasteiger partial charge in [0, 0.05) is 63.0 Å². The molecule has 1 aromatic rings. The van der Waals surface area contributed by atoms with Crippen LogP contribution in [0.15, 0.2) is 55.2 Å². The molecule has 1 aliphatic carbocycles. The van der Waals surface area contributed by atoms with Crippen molar-refractivity contribution in [3.8, 4) is 11.5 Å². The van der Waals surface area contributed by atoms with Gasteiger partial charge >= 0.3 is 0 Å². The Morgan fingerprint density at radius 1 is 1.10 bits per heavy atom. The van der Waals surface area contributed by atoms with E-state index in [-0.39, 0.29) is 23.9 Å². The summed E-state index contributed by atoms with van der Waals surface area (Å²) in [7, 11) is 3.26. The first-order valence-corrected chi connectivity index (χ1v) is 14.9. The van der Waals surface area contributed by atoms with E-state index >= 15 is 0 Å². The van der Waals surface area contributed by atoms with E-state index in [1.54, 1.807) is 32.4 Å². The van der Waals surface area contributed by atoms with Crippen LogP contribution in [0.5, 0.6) is 11.5 Å². The number of nitrogens with one attached hydrogen (secondary N) is 1. The standard InChI is InChI=1S/C33H49N3O5/c1-7-8-10-25(4)21-32(37)35(28-14-15-28)18-17-27-12-13-29(23-34-27)36(24(2)3)33(38)26-11-16-30(40-6)31(22-26)41-20-9-19-39-5/h7-8,10-11,16,22,24,27-29,34H,1,4,9,12-15,17-21,23H2,2-3,5-6H3/b10-8-/t27-,29-/m1/s1. The third-order valence-electron chi connectivity index (χ3n) is 7.71. The van der Waals surface area contributed by atoms with Crippen LogP contribution >= 0.6 is 0 Å². The molecule has 1 saturated carbocycles. The van der Waals surface area contributed by atoms with Gasteiger partial charge in [0.1, 0.15) is 0 Å². The molecule has 2 fully saturated rings. The molecule has 2 atom stereocenters. The van der Waals surface area contributed by atoms with Gasteiger partial charge in [-0.15, -0.1) is 0 Å². The number of allylic oxidation sites excluding steroid dienone is 3. The fourth-order valence-electron chi connectivity index (χ4n) is 5.41. The molecular weight excluding hydrogens is 518 g/mol. The van der Waals surface area contributed by atoms with Crippen molar-refractivity contribution >= 4 is 11.8 Å². The van der Waals surface area contributed by atoms with Crippen LogP contribution in [-0.4, -0.2) is 86.3 Å². The fourth-order valence-corrected chi connectivity index (χ4v) is 5.41. The van der Waals surface area contributed by atoms with Gasteiger partial charge in [-0.05, 0) is 69.7 Å². The number of rotatable bonds is 17. The maximum absolute atomic E-state index is 13.7. The number of ether oxygens (including phenoxy) is 3. The smallest absolute Gasteiger partial charge is 0.254 e. The Kier molecular flexibility index (Phi) is 12.9. The van der Waals surface area contributed by atoms with Crippen LogP contribution < -0.4 is 14.8 Å². The minimum absolute atomic E-state index is 0.00844. The highest BCUT2D eigenvalue weighted by atomic mass is 16.5. The molecule has 0 aromatic heterocycles. The van der Waals surface area contributed by atoms with Gasteiger partial charge in [-0.3, -0.25) is 9.59 Å². The van der Waals surface area contributed by atoms with E-state index in [9.17, 15) is 9.59 Å². The quantitative estimate of drug-likeness (QED) is 0.207. The molecule has 1 aliphatic heterocycles. The molecule has 1 saturated heterocycles. The Morgan fingerprint density at radius 3 is 2.46 bits per heavy atom. The van der Waals surface area contributed by atoms with Crippen molar-refractivity contribution in [3.05, 3.63) is 60.7 Å². The van der Waals surface area contributed by atoms with Crippen LogP contribution in [0.1, 0.15) is 69.2 Å². The number of piperidine rings is 1. The Labute approximate surface area is 246 Å². The monoisotopic (exact) mass is 567 g/mol. The van der Waals surface area contributed by atoms with Crippen LogP contribution in [0.4, 0.5) is 0 Å². The van der Waals surface area contributed by atoms with E-state index < -0.39 is 0 Å². The molecule has 0 unspecified atom stereocenters. The van der Waals surface area contributed by atoms with Crippen molar-refractivity contribution in [1.29, 1.82) is 0 Å². The number of amides is 2. The summed E-state index contributed by atoms with van der Waals surface area (Å²) in [4.78, 5) is 30.7. The number of hydrogen-bond acceptors (Lipinski definition) is 6. The van der Waals surface area contributed by atoms with Crippen LogP contribution in [0.25, 0.3) is 0 Å². The molecule has 0 bridgehead atoms. The summed E-state index contributed by atoms with van der Waals surface area (Å²) in [6.07, 6.45) is 11.4. The van der Waals surface area contributed by atoms with E-state index in [2.05, 4.69) is 32.3 Å². The molecule has 3 rings (SSSR count). The first-order valence-electron chi connectivity index (χ1n) is 14.9. The average molecular weight is 568 g/mol. The molecule has 8 nitrogen and oxygen atoms in total. The molecule has 0 spiro atoms. The summed E-state index contributed by atoms with van der Waals surface area (Å²) in [6.45, 7) is 14.4. The highest BCUT2D eigenvalue weighted by molar-refractivity contribution is 5.95. The lowest BCUT2D eigenvalue weighted by Crippen LogP contribution is -2.54. The number of methoxy groups -OCH3 is 2. The maximum Gasteiger partial charge on any atom is 0.254 e. The van der Waals surface area contributed by atoms with Crippen LogP contribution in [0.3, 0.4) is 0 Å². The van der Waals surface area contributed by atoms with Gasteiger partial charge in [-0.25, -0.2) is 0 Å². The minimum atomic E-state index is -0.00844. The predicted octanol–water partition coefficient (Wildman–Crippen LogP) is 5.15. The number of carbonyl (C=O) groups excluding carboxylic acids is 2. The van der Waals surface area contributed by atoms with Crippen molar-refractivity contribution < 1.29 is 23.8 Å². The molecular formula is C33H49N3O5. The normalized spacial score (nSPS) is 18.8. The molecule has 0 radical (unpaired) electrons. The molecule has 2 aliphatic rings. The highest BCUT2D eigenvalue weighted by Gasteiger charge is 2.34. The molecule has 1 heterocycles. The molecule has 8 heteroatoms. The predicted molar refractivity (Wildman–Crippen MR) is 164 cm³/mol. The van der Waals surface area contributed by atoms with Crippen molar-refractivity contribution in [2.75, 3.05) is 40.5 Å². The molecule has 2 amide bonds. The van der Waals surface area contributed by atoms with Crippen molar-refractivity contribution in [3.63, 3.8) is 0 Å². The summed E-state index contributed by atoms with van der Waals surface area (Å²) in [5, 5.41) is 3.67. The first kappa shape index (κ1) is 32.4. The van der Waals surface area contributed by atoms with Crippen molar-refractivity contribution in [2.45, 2.75) is 83.0 Å². The Balaban J connectivity index is 1.57. The fraction of sp³-hybridized carbons (Fsp3) is 0.576. The van der Waals surface area contributed by atoms with Gasteiger partial charge < -0.3 is 29.3 Å². The largest absolute Gasteiger partial charge is 0.493 e. The number of hydrogen-bond donors (Lipinski definition) is 1. The van der Waals surface area contributed by atoms with Gasteiger partial charge in [0.25, 0.3) is 5.91 Å². The first-order chi connectivity index (χ1) is 19.8. The van der Waals surface area contributed by atoms with Crippen molar-refractivity contribution in [1.82, 2.24) is 15.1 Å². The average Bonchev–Trinajstić information content (AvgIpc) is 3.80. The second-order valence-corrected chi connectivity index (χ2v) is 11.2. The summed E-state index contributed by atoms with van der Waals surface area (Å²) >= 11 is 0. The van der Waals surface area contributed by atoms with Crippen LogP contribution in [0, 0.1) is 0 Å². The van der Waals surface area contributed by atoms with E-state index in [4.69, 9.17) is 14.2 Å². The van der Waals surface area contributed by atoms with Gasteiger partial charge in [0.15, 0.2) is 11.5 Å². The maximum atomic E-state index is 13.7.